The fourth-order valence-electron chi connectivity index (χ4n) is 2.40. The molecule has 8 heteroatoms. The van der Waals surface area contributed by atoms with Crippen molar-refractivity contribution in [3.05, 3.63) is 53.8 Å². The molecule has 6 nitrogen and oxygen atoms in total. The van der Waals surface area contributed by atoms with Crippen LogP contribution in [0.3, 0.4) is 0 Å². The maximum Gasteiger partial charge on any atom is 0.324 e. The highest BCUT2D eigenvalue weighted by Gasteiger charge is 2.28. The number of halogens is 1. The van der Waals surface area contributed by atoms with E-state index >= 15 is 0 Å². The van der Waals surface area contributed by atoms with Gasteiger partial charge in [-0.15, -0.1) is 0 Å². The van der Waals surface area contributed by atoms with Gasteiger partial charge in [0.05, 0.1) is 17.7 Å². The summed E-state index contributed by atoms with van der Waals surface area (Å²) < 4.78 is 45.2. The summed E-state index contributed by atoms with van der Waals surface area (Å²) in [7, 11) is -3.01. The van der Waals surface area contributed by atoms with Crippen LogP contribution in [-0.4, -0.2) is 33.1 Å². The number of anilines is 1. The Labute approximate surface area is 151 Å². The molecule has 0 aliphatic heterocycles. The zero-order chi connectivity index (χ0) is 19.5. The van der Waals surface area contributed by atoms with Crippen molar-refractivity contribution in [1.82, 2.24) is 0 Å². The molecular formula is C18H20FNO5S. The molecular weight excluding hydrogens is 361 g/mol. The first-order chi connectivity index (χ1) is 12.2. The zero-order valence-corrected chi connectivity index (χ0v) is 15.5. The third-order valence-electron chi connectivity index (χ3n) is 3.84. The predicted octanol–water partition coefficient (Wildman–Crippen LogP) is 3.24. The smallest absolute Gasteiger partial charge is 0.324 e. The average molecular weight is 381 g/mol. The first-order valence-corrected chi connectivity index (χ1v) is 9.29. The van der Waals surface area contributed by atoms with Gasteiger partial charge < -0.3 is 9.84 Å². The molecule has 1 N–H and O–H groups in total. The SMILES string of the molecule is COc1ccc(S(=O)(=O)N(CC(=O)O)c2ccc(C(C)C)cc2)cc1F. The first-order valence-electron chi connectivity index (χ1n) is 7.85. The average Bonchev–Trinajstić information content (AvgIpc) is 2.59. The lowest BCUT2D eigenvalue weighted by atomic mass is 10.0. The van der Waals surface area contributed by atoms with Crippen LogP contribution >= 0.6 is 0 Å². The number of benzene rings is 2. The van der Waals surface area contributed by atoms with Crippen LogP contribution in [0.1, 0.15) is 25.3 Å². The van der Waals surface area contributed by atoms with Gasteiger partial charge in [0.1, 0.15) is 6.54 Å². The molecule has 2 rings (SSSR count). The van der Waals surface area contributed by atoms with Crippen LogP contribution in [0, 0.1) is 5.82 Å². The number of carbonyl (C=O) groups is 1. The molecule has 0 amide bonds. The van der Waals surface area contributed by atoms with Crippen LogP contribution < -0.4 is 9.04 Å². The Kier molecular flexibility index (Phi) is 5.86. The molecule has 0 aliphatic rings. The van der Waals surface area contributed by atoms with Crippen LogP contribution in [0.2, 0.25) is 0 Å². The van der Waals surface area contributed by atoms with Gasteiger partial charge in [-0.2, -0.15) is 0 Å². The molecule has 0 fully saturated rings. The molecule has 0 aliphatic carbocycles. The third-order valence-corrected chi connectivity index (χ3v) is 5.61. The lowest BCUT2D eigenvalue weighted by molar-refractivity contribution is -0.135. The Morgan fingerprint density at radius 2 is 1.81 bits per heavy atom. The highest BCUT2D eigenvalue weighted by atomic mass is 32.2. The fraction of sp³-hybridized carbons (Fsp3) is 0.278. The Morgan fingerprint density at radius 1 is 1.19 bits per heavy atom. The number of carboxylic acid groups (broad SMARTS) is 1. The van der Waals surface area contributed by atoms with Gasteiger partial charge in [0.25, 0.3) is 10.0 Å². The summed E-state index contributed by atoms with van der Waals surface area (Å²) in [6, 6.07) is 9.71. The van der Waals surface area contributed by atoms with Crippen molar-refractivity contribution in [3.63, 3.8) is 0 Å². The van der Waals surface area contributed by atoms with Crippen molar-refractivity contribution in [2.75, 3.05) is 18.0 Å². The third kappa shape index (κ3) is 4.13. The monoisotopic (exact) mass is 381 g/mol. The van der Waals surface area contributed by atoms with E-state index in [0.29, 0.717) is 0 Å². The number of ether oxygens (including phenoxy) is 1. The van der Waals surface area contributed by atoms with Gasteiger partial charge in [-0.25, -0.2) is 12.8 Å². The zero-order valence-electron chi connectivity index (χ0n) is 14.6. The van der Waals surface area contributed by atoms with E-state index in [1.165, 1.54) is 31.4 Å². The van der Waals surface area contributed by atoms with Crippen LogP contribution in [0.15, 0.2) is 47.4 Å². The Hall–Kier alpha value is -2.61. The molecule has 0 saturated heterocycles. The quantitative estimate of drug-likeness (QED) is 0.796. The van der Waals surface area contributed by atoms with E-state index in [1.54, 1.807) is 12.1 Å². The minimum absolute atomic E-state index is 0.102. The minimum atomic E-state index is -4.27. The summed E-state index contributed by atoms with van der Waals surface area (Å²) in [4.78, 5) is 10.8. The van der Waals surface area contributed by atoms with E-state index in [1.807, 2.05) is 13.8 Å². The molecule has 140 valence electrons. The maximum absolute atomic E-state index is 13.9. The standard InChI is InChI=1S/C18H20FNO5S/c1-12(2)13-4-6-14(7-5-13)20(11-18(21)22)26(23,24)15-8-9-17(25-3)16(19)10-15/h4-10,12H,11H2,1-3H3,(H,21,22). The van der Waals surface area contributed by atoms with E-state index in [9.17, 15) is 17.6 Å². The van der Waals surface area contributed by atoms with Crippen LogP contribution in [0.4, 0.5) is 10.1 Å². The van der Waals surface area contributed by atoms with E-state index in [-0.39, 0.29) is 22.3 Å². The number of carboxylic acids is 1. The van der Waals surface area contributed by atoms with Crippen molar-refractivity contribution in [2.24, 2.45) is 0 Å². The van der Waals surface area contributed by atoms with Gasteiger partial charge in [-0.05, 0) is 41.8 Å². The van der Waals surface area contributed by atoms with Crippen molar-refractivity contribution < 1.29 is 27.4 Å². The van der Waals surface area contributed by atoms with E-state index < -0.39 is 28.4 Å². The van der Waals surface area contributed by atoms with Crippen LogP contribution in [0.25, 0.3) is 0 Å². The molecule has 0 aromatic heterocycles. The van der Waals surface area contributed by atoms with Gasteiger partial charge in [-0.1, -0.05) is 26.0 Å². The fourth-order valence-corrected chi connectivity index (χ4v) is 3.82. The number of nitrogens with zero attached hydrogens (tertiary/aromatic N) is 1. The van der Waals surface area contributed by atoms with Crippen molar-refractivity contribution in [3.8, 4) is 5.75 Å². The number of hydrogen-bond acceptors (Lipinski definition) is 4. The van der Waals surface area contributed by atoms with Gasteiger partial charge in [-0.3, -0.25) is 9.10 Å². The number of methoxy groups -OCH3 is 1. The first kappa shape index (κ1) is 19.7. The normalized spacial score (nSPS) is 11.4. The van der Waals surface area contributed by atoms with Crippen molar-refractivity contribution >= 4 is 21.7 Å². The maximum atomic E-state index is 13.9. The second-order valence-electron chi connectivity index (χ2n) is 5.95. The van der Waals surface area contributed by atoms with Gasteiger partial charge in [0.2, 0.25) is 0 Å². The molecule has 0 spiro atoms. The molecule has 0 unspecified atom stereocenters. The highest BCUT2D eigenvalue weighted by molar-refractivity contribution is 7.92. The van der Waals surface area contributed by atoms with E-state index in [4.69, 9.17) is 9.84 Å². The van der Waals surface area contributed by atoms with Crippen molar-refractivity contribution in [1.29, 1.82) is 0 Å². The molecule has 0 atom stereocenters. The number of rotatable bonds is 7. The lowest BCUT2D eigenvalue weighted by Gasteiger charge is -2.23. The molecule has 26 heavy (non-hydrogen) atoms. The van der Waals surface area contributed by atoms with Gasteiger partial charge >= 0.3 is 5.97 Å². The number of aliphatic carboxylic acids is 1. The van der Waals surface area contributed by atoms with Crippen LogP contribution in [-0.2, 0) is 14.8 Å². The second kappa shape index (κ2) is 7.74. The summed E-state index contributed by atoms with van der Waals surface area (Å²) in [6.45, 7) is 3.19. The number of sulfonamides is 1. The summed E-state index contributed by atoms with van der Waals surface area (Å²) in [5.74, 6) is -2.03. The van der Waals surface area contributed by atoms with E-state index in [2.05, 4.69) is 0 Å². The molecule has 2 aromatic rings. The molecule has 0 heterocycles. The summed E-state index contributed by atoms with van der Waals surface area (Å²) >= 11 is 0. The Bertz CT molecular complexity index is 894. The Morgan fingerprint density at radius 3 is 2.27 bits per heavy atom. The van der Waals surface area contributed by atoms with Crippen molar-refractivity contribution in [2.45, 2.75) is 24.7 Å². The minimum Gasteiger partial charge on any atom is -0.494 e. The van der Waals surface area contributed by atoms with Gasteiger partial charge in [0.15, 0.2) is 11.6 Å². The van der Waals surface area contributed by atoms with Gasteiger partial charge in [0, 0.05) is 0 Å². The topological polar surface area (TPSA) is 83.9 Å². The predicted molar refractivity (Wildman–Crippen MR) is 95.7 cm³/mol. The highest BCUT2D eigenvalue weighted by Crippen LogP contribution is 2.28. The van der Waals surface area contributed by atoms with Crippen LogP contribution in [0.5, 0.6) is 5.75 Å². The largest absolute Gasteiger partial charge is 0.494 e. The van der Waals surface area contributed by atoms with E-state index in [0.717, 1.165) is 15.9 Å². The second-order valence-corrected chi connectivity index (χ2v) is 7.81. The summed E-state index contributed by atoms with van der Waals surface area (Å²) in [5.41, 5.74) is 1.17. The Balaban J connectivity index is 2.51. The molecule has 0 bridgehead atoms. The summed E-state index contributed by atoms with van der Waals surface area (Å²) in [6.07, 6.45) is 0. The lowest BCUT2D eigenvalue weighted by Crippen LogP contribution is -2.35. The molecule has 0 radical (unpaired) electrons. The summed E-state index contributed by atoms with van der Waals surface area (Å²) in [5, 5.41) is 9.13. The number of hydrogen-bond donors (Lipinski definition) is 1. The molecule has 2 aromatic carbocycles. The molecule has 0 saturated carbocycles.